The summed E-state index contributed by atoms with van der Waals surface area (Å²) in [5.74, 6) is 0. The fraction of sp³-hybridized carbons (Fsp3) is 0.400. The van der Waals surface area contributed by atoms with Gasteiger partial charge in [-0.15, -0.1) is 0 Å². The fourth-order valence-electron chi connectivity index (χ4n) is 1.63. The number of aromatic nitrogens is 4. The normalized spacial score (nSPS) is 12.0. The van der Waals surface area contributed by atoms with Crippen molar-refractivity contribution in [2.45, 2.75) is 19.4 Å². The molecular formula is C10H16N6. The lowest BCUT2D eigenvalue weighted by Gasteiger charge is -2.23. The van der Waals surface area contributed by atoms with Gasteiger partial charge in [-0.1, -0.05) is 0 Å². The predicted molar refractivity (Wildman–Crippen MR) is 60.7 cm³/mol. The minimum absolute atomic E-state index is 0.252. The molecule has 2 heterocycles. The van der Waals surface area contributed by atoms with Crippen molar-refractivity contribution in [1.29, 1.82) is 0 Å². The number of aryl methyl sites for hydroxylation is 2. The van der Waals surface area contributed by atoms with E-state index in [0.29, 0.717) is 11.4 Å². The van der Waals surface area contributed by atoms with E-state index in [-0.39, 0.29) is 6.54 Å². The van der Waals surface area contributed by atoms with Crippen LogP contribution < -0.4 is 11.5 Å². The first-order chi connectivity index (χ1) is 7.56. The third-order valence-corrected chi connectivity index (χ3v) is 2.65. The zero-order valence-corrected chi connectivity index (χ0v) is 9.41. The standard InChI is InChI=1S/C10H16N6/c1-6-3-8(15-13-6)10(12,5-11)9-4-7(2)14-16-9/h3-4H,5,11-12H2,1-2H3,(H,13,15)(H,14,16). The third-order valence-electron chi connectivity index (χ3n) is 2.65. The van der Waals surface area contributed by atoms with Gasteiger partial charge in [-0.05, 0) is 26.0 Å². The number of rotatable bonds is 3. The molecule has 0 unspecified atom stereocenters. The van der Waals surface area contributed by atoms with Crippen LogP contribution in [0, 0.1) is 13.8 Å². The van der Waals surface area contributed by atoms with Gasteiger partial charge < -0.3 is 11.5 Å². The van der Waals surface area contributed by atoms with Gasteiger partial charge in [0, 0.05) is 17.9 Å². The fourth-order valence-corrected chi connectivity index (χ4v) is 1.63. The largest absolute Gasteiger partial charge is 0.328 e. The highest BCUT2D eigenvalue weighted by molar-refractivity contribution is 5.31. The van der Waals surface area contributed by atoms with Crippen LogP contribution in [0.1, 0.15) is 22.8 Å². The molecule has 86 valence electrons. The van der Waals surface area contributed by atoms with Gasteiger partial charge in [-0.3, -0.25) is 10.2 Å². The summed E-state index contributed by atoms with van der Waals surface area (Å²) in [6, 6.07) is 3.77. The Morgan fingerprint density at radius 3 is 1.81 bits per heavy atom. The molecule has 0 aromatic carbocycles. The molecule has 0 saturated heterocycles. The first-order valence-corrected chi connectivity index (χ1v) is 5.10. The minimum Gasteiger partial charge on any atom is -0.328 e. The third kappa shape index (κ3) is 1.62. The Kier molecular flexibility index (Phi) is 2.53. The lowest BCUT2D eigenvalue weighted by atomic mass is 9.92. The summed E-state index contributed by atoms with van der Waals surface area (Å²) in [6.07, 6.45) is 0. The number of hydrogen-bond donors (Lipinski definition) is 4. The van der Waals surface area contributed by atoms with Crippen LogP contribution in [-0.4, -0.2) is 26.9 Å². The smallest absolute Gasteiger partial charge is 0.117 e. The second-order valence-electron chi connectivity index (χ2n) is 4.05. The summed E-state index contributed by atoms with van der Waals surface area (Å²) in [5.41, 5.74) is 14.5. The molecule has 0 spiro atoms. The molecule has 16 heavy (non-hydrogen) atoms. The SMILES string of the molecule is Cc1cc(C(N)(CN)c2cc(C)[nH]n2)n[nH]1. The molecule has 6 heteroatoms. The summed E-state index contributed by atoms with van der Waals surface area (Å²) in [6.45, 7) is 4.09. The van der Waals surface area contributed by atoms with Gasteiger partial charge in [0.25, 0.3) is 0 Å². The molecule has 2 aromatic heterocycles. The lowest BCUT2D eigenvalue weighted by Crippen LogP contribution is -2.45. The molecule has 0 aliphatic rings. The number of nitrogens with zero attached hydrogens (tertiary/aromatic N) is 2. The number of nitrogens with one attached hydrogen (secondary N) is 2. The summed E-state index contributed by atoms with van der Waals surface area (Å²) in [7, 11) is 0. The number of nitrogens with two attached hydrogens (primary N) is 2. The Morgan fingerprint density at radius 2 is 1.56 bits per heavy atom. The first kappa shape index (κ1) is 10.8. The number of aromatic amines is 2. The highest BCUT2D eigenvalue weighted by Crippen LogP contribution is 2.23. The summed E-state index contributed by atoms with van der Waals surface area (Å²) in [5, 5.41) is 14.0. The zero-order chi connectivity index (χ0) is 11.8. The van der Waals surface area contributed by atoms with E-state index >= 15 is 0 Å². The van der Waals surface area contributed by atoms with Crippen molar-refractivity contribution in [1.82, 2.24) is 20.4 Å². The van der Waals surface area contributed by atoms with Crippen molar-refractivity contribution < 1.29 is 0 Å². The van der Waals surface area contributed by atoms with E-state index in [9.17, 15) is 0 Å². The van der Waals surface area contributed by atoms with Gasteiger partial charge >= 0.3 is 0 Å². The van der Waals surface area contributed by atoms with Crippen LogP contribution in [0.25, 0.3) is 0 Å². The Hall–Kier alpha value is -1.66. The topological polar surface area (TPSA) is 109 Å². The van der Waals surface area contributed by atoms with Crippen molar-refractivity contribution in [3.05, 3.63) is 34.9 Å². The highest BCUT2D eigenvalue weighted by atomic mass is 15.2. The summed E-state index contributed by atoms with van der Waals surface area (Å²) < 4.78 is 0. The van der Waals surface area contributed by atoms with E-state index in [1.807, 2.05) is 26.0 Å². The maximum atomic E-state index is 6.28. The van der Waals surface area contributed by atoms with Gasteiger partial charge in [0.05, 0.1) is 11.4 Å². The average molecular weight is 220 g/mol. The lowest BCUT2D eigenvalue weighted by molar-refractivity contribution is 0.515. The molecule has 0 saturated carbocycles. The first-order valence-electron chi connectivity index (χ1n) is 5.10. The van der Waals surface area contributed by atoms with E-state index in [1.54, 1.807) is 0 Å². The molecule has 2 rings (SSSR count). The van der Waals surface area contributed by atoms with E-state index < -0.39 is 5.54 Å². The molecule has 6 nitrogen and oxygen atoms in total. The van der Waals surface area contributed by atoms with Crippen LogP contribution in [0.2, 0.25) is 0 Å². The second kappa shape index (κ2) is 3.73. The molecule has 0 radical (unpaired) electrons. The van der Waals surface area contributed by atoms with E-state index in [2.05, 4.69) is 20.4 Å². The van der Waals surface area contributed by atoms with Crippen molar-refractivity contribution >= 4 is 0 Å². The summed E-state index contributed by atoms with van der Waals surface area (Å²) in [4.78, 5) is 0. The molecular weight excluding hydrogens is 204 g/mol. The zero-order valence-electron chi connectivity index (χ0n) is 9.41. The Morgan fingerprint density at radius 1 is 1.12 bits per heavy atom. The van der Waals surface area contributed by atoms with E-state index in [4.69, 9.17) is 11.5 Å². The van der Waals surface area contributed by atoms with Gasteiger partial charge in [0.1, 0.15) is 5.54 Å². The average Bonchev–Trinajstić information content (AvgIpc) is 2.86. The molecule has 0 atom stereocenters. The van der Waals surface area contributed by atoms with Crippen LogP contribution in [-0.2, 0) is 5.54 Å². The highest BCUT2D eigenvalue weighted by Gasteiger charge is 2.33. The Labute approximate surface area is 93.4 Å². The second-order valence-corrected chi connectivity index (χ2v) is 4.05. The molecule has 2 aromatic rings. The van der Waals surface area contributed by atoms with Crippen LogP contribution in [0.5, 0.6) is 0 Å². The predicted octanol–water partition coefficient (Wildman–Crippen LogP) is -0.0894. The molecule has 0 aliphatic heterocycles. The molecule has 0 amide bonds. The number of hydrogen-bond acceptors (Lipinski definition) is 4. The van der Waals surface area contributed by atoms with E-state index in [0.717, 1.165) is 11.4 Å². The van der Waals surface area contributed by atoms with Gasteiger partial charge in [0.15, 0.2) is 0 Å². The van der Waals surface area contributed by atoms with Crippen molar-refractivity contribution in [2.24, 2.45) is 11.5 Å². The molecule has 0 aliphatic carbocycles. The monoisotopic (exact) mass is 220 g/mol. The van der Waals surface area contributed by atoms with Gasteiger partial charge in [-0.2, -0.15) is 10.2 Å². The van der Waals surface area contributed by atoms with Crippen molar-refractivity contribution in [3.8, 4) is 0 Å². The molecule has 6 N–H and O–H groups in total. The van der Waals surface area contributed by atoms with Crippen LogP contribution in [0.3, 0.4) is 0 Å². The van der Waals surface area contributed by atoms with E-state index in [1.165, 1.54) is 0 Å². The number of H-pyrrole nitrogens is 2. The quantitative estimate of drug-likeness (QED) is 0.579. The van der Waals surface area contributed by atoms with Crippen LogP contribution >= 0.6 is 0 Å². The minimum atomic E-state index is -0.838. The molecule has 0 fully saturated rings. The Balaban J connectivity index is 2.47. The van der Waals surface area contributed by atoms with Crippen LogP contribution in [0.15, 0.2) is 12.1 Å². The maximum absolute atomic E-state index is 6.28. The van der Waals surface area contributed by atoms with Gasteiger partial charge in [-0.25, -0.2) is 0 Å². The van der Waals surface area contributed by atoms with Crippen molar-refractivity contribution in [2.75, 3.05) is 6.54 Å². The van der Waals surface area contributed by atoms with Crippen molar-refractivity contribution in [3.63, 3.8) is 0 Å². The maximum Gasteiger partial charge on any atom is 0.117 e. The summed E-state index contributed by atoms with van der Waals surface area (Å²) >= 11 is 0. The Bertz CT molecular complexity index is 443. The van der Waals surface area contributed by atoms with Crippen LogP contribution in [0.4, 0.5) is 0 Å². The van der Waals surface area contributed by atoms with Gasteiger partial charge in [0.2, 0.25) is 0 Å². The molecule has 0 bridgehead atoms.